The van der Waals surface area contributed by atoms with Crippen molar-refractivity contribution >= 4 is 0 Å². The number of hydrogen-bond acceptors (Lipinski definition) is 2. The Labute approximate surface area is 101 Å². The van der Waals surface area contributed by atoms with Gasteiger partial charge in [-0.1, -0.05) is 20.3 Å². The van der Waals surface area contributed by atoms with Crippen LogP contribution in [0.3, 0.4) is 0 Å². The highest BCUT2D eigenvalue weighted by Gasteiger charge is 2.39. The molecule has 2 fully saturated rings. The van der Waals surface area contributed by atoms with Crippen LogP contribution in [0.15, 0.2) is 0 Å². The third-order valence-corrected chi connectivity index (χ3v) is 4.77. The molecule has 2 N–H and O–H groups in total. The van der Waals surface area contributed by atoms with Gasteiger partial charge in [-0.15, -0.1) is 0 Å². The molecule has 2 aliphatic rings. The first-order chi connectivity index (χ1) is 7.63. The van der Waals surface area contributed by atoms with Gasteiger partial charge in [-0.05, 0) is 56.5 Å². The molecule has 2 unspecified atom stereocenters. The number of nitrogens with zero attached hydrogens (tertiary/aromatic N) is 1. The van der Waals surface area contributed by atoms with Crippen molar-refractivity contribution < 1.29 is 0 Å². The monoisotopic (exact) mass is 224 g/mol. The lowest BCUT2D eigenvalue weighted by Gasteiger charge is -2.42. The van der Waals surface area contributed by atoms with Crippen LogP contribution in [0.2, 0.25) is 0 Å². The molecule has 0 aromatic heterocycles. The molecule has 1 aliphatic heterocycles. The smallest absolute Gasteiger partial charge is 0.0146 e. The molecule has 0 amide bonds. The minimum absolute atomic E-state index is 0.546. The zero-order valence-electron chi connectivity index (χ0n) is 11.0. The van der Waals surface area contributed by atoms with E-state index in [4.69, 9.17) is 5.73 Å². The van der Waals surface area contributed by atoms with E-state index < -0.39 is 0 Å². The Hall–Kier alpha value is -0.0800. The maximum atomic E-state index is 5.69. The van der Waals surface area contributed by atoms with Crippen LogP contribution in [0.1, 0.15) is 52.4 Å². The molecule has 0 radical (unpaired) electrons. The highest BCUT2D eigenvalue weighted by Crippen LogP contribution is 2.41. The Bertz CT molecular complexity index is 223. The second-order valence-corrected chi connectivity index (χ2v) is 6.48. The largest absolute Gasteiger partial charge is 0.330 e. The Kier molecular flexibility index (Phi) is 3.91. The number of hydrogen-bond donors (Lipinski definition) is 1. The first-order valence-electron chi connectivity index (χ1n) is 7.07. The van der Waals surface area contributed by atoms with Crippen LogP contribution in [0.25, 0.3) is 0 Å². The molecule has 16 heavy (non-hydrogen) atoms. The quantitative estimate of drug-likeness (QED) is 0.798. The number of rotatable bonds is 3. The number of likely N-dealkylation sites (tertiary alicyclic amines) is 1. The fourth-order valence-electron chi connectivity index (χ4n) is 3.84. The first kappa shape index (κ1) is 12.4. The van der Waals surface area contributed by atoms with Crippen molar-refractivity contribution in [3.05, 3.63) is 0 Å². The molecule has 1 aliphatic carbocycles. The highest BCUT2D eigenvalue weighted by atomic mass is 15.2. The summed E-state index contributed by atoms with van der Waals surface area (Å²) in [5.74, 6) is 0.871. The van der Waals surface area contributed by atoms with Crippen LogP contribution in [-0.2, 0) is 0 Å². The fourth-order valence-corrected chi connectivity index (χ4v) is 3.84. The summed E-state index contributed by atoms with van der Waals surface area (Å²) in [6.45, 7) is 8.42. The predicted molar refractivity (Wildman–Crippen MR) is 69.4 cm³/mol. The SMILES string of the molecule is CC1(C)CCCC1N1CCCC(CCN)C1. The summed E-state index contributed by atoms with van der Waals surface area (Å²) in [6, 6.07) is 0.841. The summed E-state index contributed by atoms with van der Waals surface area (Å²) in [5.41, 5.74) is 6.24. The summed E-state index contributed by atoms with van der Waals surface area (Å²) in [7, 11) is 0. The summed E-state index contributed by atoms with van der Waals surface area (Å²) < 4.78 is 0. The topological polar surface area (TPSA) is 29.3 Å². The molecule has 1 saturated carbocycles. The van der Waals surface area contributed by atoms with Crippen molar-refractivity contribution in [1.82, 2.24) is 4.90 Å². The van der Waals surface area contributed by atoms with Crippen molar-refractivity contribution in [2.24, 2.45) is 17.1 Å². The molecule has 2 rings (SSSR count). The second kappa shape index (κ2) is 5.05. The molecule has 1 saturated heterocycles. The van der Waals surface area contributed by atoms with Gasteiger partial charge in [0.15, 0.2) is 0 Å². The third kappa shape index (κ3) is 2.60. The van der Waals surface area contributed by atoms with E-state index in [-0.39, 0.29) is 0 Å². The molecule has 0 aromatic rings. The van der Waals surface area contributed by atoms with E-state index in [1.54, 1.807) is 0 Å². The number of piperidine rings is 1. The van der Waals surface area contributed by atoms with Crippen molar-refractivity contribution in [2.75, 3.05) is 19.6 Å². The van der Waals surface area contributed by atoms with Gasteiger partial charge in [-0.3, -0.25) is 4.90 Å². The Morgan fingerprint density at radius 1 is 1.25 bits per heavy atom. The lowest BCUT2D eigenvalue weighted by atomic mass is 9.84. The van der Waals surface area contributed by atoms with Gasteiger partial charge >= 0.3 is 0 Å². The van der Waals surface area contributed by atoms with Crippen LogP contribution in [0.5, 0.6) is 0 Å². The molecule has 94 valence electrons. The molecule has 0 spiro atoms. The molecular formula is C14H28N2. The third-order valence-electron chi connectivity index (χ3n) is 4.77. The predicted octanol–water partition coefficient (Wildman–Crippen LogP) is 2.63. The van der Waals surface area contributed by atoms with Crippen molar-refractivity contribution in [3.8, 4) is 0 Å². The van der Waals surface area contributed by atoms with Crippen LogP contribution in [-0.4, -0.2) is 30.6 Å². The molecular weight excluding hydrogens is 196 g/mol. The lowest BCUT2D eigenvalue weighted by molar-refractivity contribution is 0.0662. The zero-order chi connectivity index (χ0) is 11.6. The minimum Gasteiger partial charge on any atom is -0.330 e. The molecule has 2 atom stereocenters. The lowest BCUT2D eigenvalue weighted by Crippen LogP contribution is -2.47. The summed E-state index contributed by atoms with van der Waals surface area (Å²) in [6.07, 6.45) is 8.27. The molecule has 0 bridgehead atoms. The summed E-state index contributed by atoms with van der Waals surface area (Å²) in [5, 5.41) is 0. The van der Waals surface area contributed by atoms with E-state index in [0.717, 1.165) is 18.5 Å². The van der Waals surface area contributed by atoms with Crippen molar-refractivity contribution in [2.45, 2.75) is 58.4 Å². The van der Waals surface area contributed by atoms with Gasteiger partial charge in [-0.2, -0.15) is 0 Å². The van der Waals surface area contributed by atoms with E-state index in [9.17, 15) is 0 Å². The molecule has 1 heterocycles. The van der Waals surface area contributed by atoms with E-state index in [1.165, 1.54) is 51.6 Å². The first-order valence-corrected chi connectivity index (χ1v) is 7.07. The van der Waals surface area contributed by atoms with Gasteiger partial charge < -0.3 is 5.73 Å². The minimum atomic E-state index is 0.546. The highest BCUT2D eigenvalue weighted by molar-refractivity contribution is 4.93. The maximum Gasteiger partial charge on any atom is 0.0146 e. The molecule has 0 aromatic carbocycles. The summed E-state index contributed by atoms with van der Waals surface area (Å²) in [4.78, 5) is 2.77. The van der Waals surface area contributed by atoms with Gasteiger partial charge in [0.2, 0.25) is 0 Å². The standard InChI is InChI=1S/C14H28N2/c1-14(2)8-3-6-13(14)16-10-4-5-12(11-16)7-9-15/h12-13H,3-11,15H2,1-2H3. The van der Waals surface area contributed by atoms with Crippen LogP contribution >= 0.6 is 0 Å². The second-order valence-electron chi connectivity index (χ2n) is 6.48. The zero-order valence-corrected chi connectivity index (χ0v) is 11.0. The van der Waals surface area contributed by atoms with Crippen LogP contribution in [0, 0.1) is 11.3 Å². The van der Waals surface area contributed by atoms with E-state index in [1.807, 2.05) is 0 Å². The Morgan fingerprint density at radius 2 is 2.06 bits per heavy atom. The average Bonchev–Trinajstić information content (AvgIpc) is 2.59. The average molecular weight is 224 g/mol. The Balaban J connectivity index is 1.93. The Morgan fingerprint density at radius 3 is 2.69 bits per heavy atom. The van der Waals surface area contributed by atoms with E-state index in [0.29, 0.717) is 5.41 Å². The van der Waals surface area contributed by atoms with Gasteiger partial charge in [0.05, 0.1) is 0 Å². The summed E-state index contributed by atoms with van der Waals surface area (Å²) >= 11 is 0. The fraction of sp³-hybridized carbons (Fsp3) is 1.00. The maximum absolute atomic E-state index is 5.69. The van der Waals surface area contributed by atoms with Gasteiger partial charge in [0, 0.05) is 12.6 Å². The van der Waals surface area contributed by atoms with Crippen molar-refractivity contribution in [1.29, 1.82) is 0 Å². The van der Waals surface area contributed by atoms with Gasteiger partial charge in [0.25, 0.3) is 0 Å². The molecule has 2 heteroatoms. The van der Waals surface area contributed by atoms with E-state index in [2.05, 4.69) is 18.7 Å². The van der Waals surface area contributed by atoms with Gasteiger partial charge in [-0.25, -0.2) is 0 Å². The van der Waals surface area contributed by atoms with Gasteiger partial charge in [0.1, 0.15) is 0 Å². The van der Waals surface area contributed by atoms with E-state index >= 15 is 0 Å². The molecule has 2 nitrogen and oxygen atoms in total. The van der Waals surface area contributed by atoms with Crippen molar-refractivity contribution in [3.63, 3.8) is 0 Å². The normalized spacial score (nSPS) is 35.4. The van der Waals surface area contributed by atoms with Crippen LogP contribution in [0.4, 0.5) is 0 Å². The number of nitrogens with two attached hydrogens (primary N) is 1. The van der Waals surface area contributed by atoms with Crippen LogP contribution < -0.4 is 5.73 Å².